The Morgan fingerprint density at radius 3 is 2.92 bits per heavy atom. The second-order valence-electron chi connectivity index (χ2n) is 6.46. The molecule has 1 aliphatic heterocycles. The van der Waals surface area contributed by atoms with Gasteiger partial charge in [0.15, 0.2) is 5.75 Å². The van der Waals surface area contributed by atoms with E-state index in [0.717, 1.165) is 49.8 Å². The minimum absolute atomic E-state index is 0.0565. The molecule has 2 heterocycles. The van der Waals surface area contributed by atoms with Crippen LogP contribution in [0.5, 0.6) is 5.75 Å². The van der Waals surface area contributed by atoms with E-state index in [1.165, 1.54) is 0 Å². The van der Waals surface area contributed by atoms with Crippen LogP contribution in [0, 0.1) is 0 Å². The number of rotatable bonds is 6. The Morgan fingerprint density at radius 1 is 1.29 bits per heavy atom. The van der Waals surface area contributed by atoms with E-state index < -0.39 is 0 Å². The van der Waals surface area contributed by atoms with E-state index in [-0.39, 0.29) is 11.6 Å². The third-order valence-electron chi connectivity index (χ3n) is 4.58. The van der Waals surface area contributed by atoms with Crippen LogP contribution in [0.25, 0.3) is 10.9 Å². The van der Waals surface area contributed by atoms with Gasteiger partial charge in [-0.05, 0) is 25.5 Å². The fraction of sp³-hybridized carbons (Fsp3) is 0.526. The second kappa shape index (κ2) is 7.71. The van der Waals surface area contributed by atoms with Crippen LogP contribution in [-0.2, 0) is 0 Å². The van der Waals surface area contributed by atoms with Gasteiger partial charge in [0.1, 0.15) is 0 Å². The zero-order valence-electron chi connectivity index (χ0n) is 14.6. The van der Waals surface area contributed by atoms with Gasteiger partial charge in [-0.1, -0.05) is 38.0 Å². The van der Waals surface area contributed by atoms with Crippen molar-refractivity contribution in [2.75, 3.05) is 31.3 Å². The molecule has 0 aliphatic carbocycles. The van der Waals surface area contributed by atoms with Crippen molar-refractivity contribution in [3.05, 3.63) is 40.7 Å². The number of piperazine rings is 1. The maximum Gasteiger partial charge on any atom is 0.311 e. The Labute approximate surface area is 143 Å². The van der Waals surface area contributed by atoms with E-state index >= 15 is 0 Å². The molecule has 130 valence electrons. The van der Waals surface area contributed by atoms with Gasteiger partial charge < -0.3 is 15.1 Å². The molecule has 2 aromatic rings. The van der Waals surface area contributed by atoms with Gasteiger partial charge in [-0.15, -0.1) is 0 Å². The molecule has 5 nitrogen and oxygen atoms in total. The summed E-state index contributed by atoms with van der Waals surface area (Å²) in [5.41, 5.74) is 0.885. The minimum atomic E-state index is -0.0565. The number of fused-ring (bicyclic) bond motifs is 1. The molecule has 24 heavy (non-hydrogen) atoms. The normalized spacial score (nSPS) is 18.1. The number of aromatic nitrogens is 1. The van der Waals surface area contributed by atoms with Gasteiger partial charge in [0, 0.05) is 25.0 Å². The minimum Gasteiger partial charge on any atom is -0.488 e. The maximum absolute atomic E-state index is 13.1. The van der Waals surface area contributed by atoms with Crippen molar-refractivity contribution in [3.8, 4) is 5.75 Å². The van der Waals surface area contributed by atoms with Crippen LogP contribution in [-0.4, -0.2) is 37.0 Å². The number of ether oxygens (including phenoxy) is 1. The van der Waals surface area contributed by atoms with Crippen molar-refractivity contribution in [1.29, 1.82) is 0 Å². The van der Waals surface area contributed by atoms with E-state index in [1.54, 1.807) is 0 Å². The van der Waals surface area contributed by atoms with Crippen LogP contribution in [0.15, 0.2) is 35.1 Å². The molecule has 1 N–H and O–H groups in total. The van der Waals surface area contributed by atoms with Crippen molar-refractivity contribution >= 4 is 10.9 Å². The van der Waals surface area contributed by atoms with Crippen molar-refractivity contribution in [2.24, 2.45) is 0 Å². The molecule has 0 saturated carbocycles. The molecule has 1 saturated heterocycles. The fourth-order valence-corrected chi connectivity index (χ4v) is 3.24. The van der Waals surface area contributed by atoms with E-state index in [4.69, 9.17) is 4.74 Å². The fourth-order valence-electron chi connectivity index (χ4n) is 3.24. The van der Waals surface area contributed by atoms with Crippen molar-refractivity contribution in [2.45, 2.75) is 39.2 Å². The predicted octanol–water partition coefficient (Wildman–Crippen LogP) is 2.50. The molecule has 0 spiro atoms. The number of benzene rings is 1. The molecule has 5 heteroatoms. The van der Waals surface area contributed by atoms with E-state index in [0.29, 0.717) is 12.4 Å². The second-order valence-corrected chi connectivity index (χ2v) is 6.46. The summed E-state index contributed by atoms with van der Waals surface area (Å²) in [4.78, 5) is 13.1. The lowest BCUT2D eigenvalue weighted by Crippen LogP contribution is -2.57. The summed E-state index contributed by atoms with van der Waals surface area (Å²) in [6, 6.07) is 10.2. The zero-order chi connectivity index (χ0) is 16.9. The smallest absolute Gasteiger partial charge is 0.311 e. The molecular formula is C19H27N3O2. The zero-order valence-corrected chi connectivity index (χ0v) is 14.6. The monoisotopic (exact) mass is 329 g/mol. The van der Waals surface area contributed by atoms with E-state index in [9.17, 15) is 4.79 Å². The van der Waals surface area contributed by atoms with Crippen LogP contribution in [0.4, 0.5) is 0 Å². The molecule has 1 atom stereocenters. The Bertz CT molecular complexity index is 741. The van der Waals surface area contributed by atoms with Crippen molar-refractivity contribution in [1.82, 2.24) is 9.99 Å². The van der Waals surface area contributed by atoms with Gasteiger partial charge in [-0.3, -0.25) is 4.79 Å². The lowest BCUT2D eigenvalue weighted by atomic mass is 10.2. The molecule has 1 fully saturated rings. The number of hydrogen-bond donors (Lipinski definition) is 1. The van der Waals surface area contributed by atoms with Crippen LogP contribution in [0.3, 0.4) is 0 Å². The van der Waals surface area contributed by atoms with Gasteiger partial charge in [-0.25, -0.2) is 4.68 Å². The van der Waals surface area contributed by atoms with Gasteiger partial charge in [0.05, 0.1) is 18.2 Å². The summed E-state index contributed by atoms with van der Waals surface area (Å²) in [7, 11) is 0. The lowest BCUT2D eigenvalue weighted by molar-refractivity contribution is 0.298. The Morgan fingerprint density at radius 2 is 2.12 bits per heavy atom. The van der Waals surface area contributed by atoms with Crippen LogP contribution in [0.2, 0.25) is 0 Å². The van der Waals surface area contributed by atoms with E-state index in [1.807, 2.05) is 35.0 Å². The number of unbranched alkanes of at least 4 members (excludes halogenated alkanes) is 2. The first-order valence-corrected chi connectivity index (χ1v) is 8.97. The molecule has 1 aliphatic rings. The predicted molar refractivity (Wildman–Crippen MR) is 98.6 cm³/mol. The topological polar surface area (TPSA) is 46.5 Å². The highest BCUT2D eigenvalue weighted by molar-refractivity contribution is 5.80. The lowest BCUT2D eigenvalue weighted by Gasteiger charge is -2.37. The number of pyridine rings is 1. The summed E-state index contributed by atoms with van der Waals surface area (Å²) in [6.07, 6.45) is 3.24. The van der Waals surface area contributed by atoms with Gasteiger partial charge >= 0.3 is 5.56 Å². The summed E-state index contributed by atoms with van der Waals surface area (Å²) in [5, 5.41) is 6.56. The highest BCUT2D eigenvalue weighted by atomic mass is 16.5. The SMILES string of the molecule is CCCCCOc1cc2ccccc2n(N2CCNCC2C)c1=O. The third kappa shape index (κ3) is 3.41. The molecule has 0 amide bonds. The number of para-hydroxylation sites is 1. The molecule has 1 aromatic heterocycles. The van der Waals surface area contributed by atoms with Crippen LogP contribution < -0.4 is 20.6 Å². The Kier molecular flexibility index (Phi) is 5.41. The van der Waals surface area contributed by atoms with Crippen LogP contribution in [0.1, 0.15) is 33.1 Å². The molecular weight excluding hydrogens is 302 g/mol. The highest BCUT2D eigenvalue weighted by Gasteiger charge is 2.22. The number of nitrogens with zero attached hydrogens (tertiary/aromatic N) is 2. The first-order valence-electron chi connectivity index (χ1n) is 8.97. The summed E-state index contributed by atoms with van der Waals surface area (Å²) in [5.74, 6) is 0.454. The van der Waals surface area contributed by atoms with Gasteiger partial charge in [0.2, 0.25) is 0 Å². The number of nitrogens with one attached hydrogen (secondary N) is 1. The summed E-state index contributed by atoms with van der Waals surface area (Å²) < 4.78 is 7.65. The standard InChI is InChI=1S/C19H27N3O2/c1-3-4-7-12-24-18-13-16-8-5-6-9-17(16)22(19(18)23)21-11-10-20-14-15(21)2/h5-6,8-9,13,15,20H,3-4,7,10-12,14H2,1-2H3. The first-order chi connectivity index (χ1) is 11.7. The third-order valence-corrected chi connectivity index (χ3v) is 4.58. The molecule has 0 radical (unpaired) electrons. The molecule has 3 rings (SSSR count). The largest absolute Gasteiger partial charge is 0.488 e. The molecule has 0 bridgehead atoms. The molecule has 1 aromatic carbocycles. The molecule has 1 unspecified atom stereocenters. The van der Waals surface area contributed by atoms with E-state index in [2.05, 4.69) is 24.2 Å². The summed E-state index contributed by atoms with van der Waals surface area (Å²) in [6.45, 7) is 7.47. The number of hydrogen-bond acceptors (Lipinski definition) is 4. The summed E-state index contributed by atoms with van der Waals surface area (Å²) >= 11 is 0. The van der Waals surface area contributed by atoms with Gasteiger partial charge in [0.25, 0.3) is 0 Å². The van der Waals surface area contributed by atoms with Crippen molar-refractivity contribution in [3.63, 3.8) is 0 Å². The Hall–Kier alpha value is -2.01. The van der Waals surface area contributed by atoms with Crippen LogP contribution >= 0.6 is 0 Å². The average molecular weight is 329 g/mol. The highest BCUT2D eigenvalue weighted by Crippen LogP contribution is 2.19. The average Bonchev–Trinajstić information content (AvgIpc) is 2.60. The quantitative estimate of drug-likeness (QED) is 0.827. The van der Waals surface area contributed by atoms with Crippen molar-refractivity contribution < 1.29 is 4.74 Å². The first kappa shape index (κ1) is 16.8. The Balaban J connectivity index is 2.01. The maximum atomic E-state index is 13.1. The van der Waals surface area contributed by atoms with Gasteiger partial charge in [-0.2, -0.15) is 0 Å².